The SMILES string of the molecule is Cn1c(=O)c2ccc([N+](=O)[O-])cc2c(=O)n1C. The minimum Gasteiger partial charge on any atom is -0.267 e. The van der Waals surface area contributed by atoms with Crippen LogP contribution in [0.2, 0.25) is 0 Å². The Kier molecular flexibility index (Phi) is 2.31. The van der Waals surface area contributed by atoms with Gasteiger partial charge in [-0.3, -0.25) is 29.1 Å². The van der Waals surface area contributed by atoms with E-state index in [1.165, 1.54) is 26.2 Å². The van der Waals surface area contributed by atoms with Crippen molar-refractivity contribution in [3.05, 3.63) is 49.0 Å². The molecule has 88 valence electrons. The molecule has 0 spiro atoms. The molecule has 0 unspecified atom stereocenters. The minimum atomic E-state index is -0.601. The third kappa shape index (κ3) is 1.52. The van der Waals surface area contributed by atoms with Crippen LogP contribution in [0.25, 0.3) is 10.8 Å². The molecule has 1 aromatic heterocycles. The highest BCUT2D eigenvalue weighted by Gasteiger charge is 2.13. The first-order valence-corrected chi connectivity index (χ1v) is 4.78. The van der Waals surface area contributed by atoms with Gasteiger partial charge in [-0.1, -0.05) is 0 Å². The molecule has 0 aliphatic carbocycles. The summed E-state index contributed by atoms with van der Waals surface area (Å²) in [7, 11) is 2.90. The fraction of sp³-hybridized carbons (Fsp3) is 0.200. The highest BCUT2D eigenvalue weighted by atomic mass is 16.6. The molecule has 0 aliphatic rings. The maximum atomic E-state index is 11.9. The largest absolute Gasteiger partial charge is 0.273 e. The van der Waals surface area contributed by atoms with Crippen molar-refractivity contribution in [1.29, 1.82) is 0 Å². The molecule has 2 rings (SSSR count). The fourth-order valence-corrected chi connectivity index (χ4v) is 1.63. The van der Waals surface area contributed by atoms with Crippen LogP contribution in [0, 0.1) is 10.1 Å². The number of nitro groups is 1. The molecule has 17 heavy (non-hydrogen) atoms. The van der Waals surface area contributed by atoms with Crippen molar-refractivity contribution in [3.8, 4) is 0 Å². The van der Waals surface area contributed by atoms with E-state index in [9.17, 15) is 19.7 Å². The summed E-state index contributed by atoms with van der Waals surface area (Å²) in [6.45, 7) is 0. The van der Waals surface area contributed by atoms with Crippen LogP contribution >= 0.6 is 0 Å². The lowest BCUT2D eigenvalue weighted by Gasteiger charge is -2.07. The fourth-order valence-electron chi connectivity index (χ4n) is 1.63. The summed E-state index contributed by atoms with van der Waals surface area (Å²) in [5, 5.41) is 10.8. The maximum absolute atomic E-state index is 11.9. The smallest absolute Gasteiger partial charge is 0.267 e. The van der Waals surface area contributed by atoms with Crippen molar-refractivity contribution in [2.75, 3.05) is 0 Å². The summed E-state index contributed by atoms with van der Waals surface area (Å²) in [6, 6.07) is 3.64. The number of non-ortho nitro benzene ring substituents is 1. The Balaban J connectivity index is 3.02. The van der Waals surface area contributed by atoms with Crippen molar-refractivity contribution in [2.24, 2.45) is 14.1 Å². The molecule has 7 heteroatoms. The van der Waals surface area contributed by atoms with Gasteiger partial charge in [0.1, 0.15) is 0 Å². The Morgan fingerprint density at radius 3 is 2.12 bits per heavy atom. The Morgan fingerprint density at radius 2 is 1.59 bits per heavy atom. The lowest BCUT2D eigenvalue weighted by atomic mass is 10.2. The number of nitro benzene ring substituents is 1. The number of fused-ring (bicyclic) bond motifs is 1. The van der Waals surface area contributed by atoms with Gasteiger partial charge in [-0.25, -0.2) is 0 Å². The van der Waals surface area contributed by atoms with Crippen LogP contribution < -0.4 is 11.1 Å². The van der Waals surface area contributed by atoms with Gasteiger partial charge in [-0.05, 0) is 6.07 Å². The number of aromatic nitrogens is 2. The van der Waals surface area contributed by atoms with E-state index in [0.29, 0.717) is 0 Å². The van der Waals surface area contributed by atoms with Crippen LogP contribution in [0.3, 0.4) is 0 Å². The maximum Gasteiger partial charge on any atom is 0.273 e. The average Bonchev–Trinajstić information content (AvgIpc) is 2.32. The zero-order valence-electron chi connectivity index (χ0n) is 9.21. The van der Waals surface area contributed by atoms with Crippen molar-refractivity contribution in [3.63, 3.8) is 0 Å². The number of benzene rings is 1. The molecule has 0 saturated heterocycles. The van der Waals surface area contributed by atoms with Gasteiger partial charge < -0.3 is 0 Å². The van der Waals surface area contributed by atoms with Crippen LogP contribution in [0.5, 0.6) is 0 Å². The second-order valence-electron chi connectivity index (χ2n) is 3.64. The zero-order chi connectivity index (χ0) is 12.7. The quantitative estimate of drug-likeness (QED) is 0.519. The number of nitrogens with zero attached hydrogens (tertiary/aromatic N) is 3. The topological polar surface area (TPSA) is 87.1 Å². The Labute approximate surface area is 94.6 Å². The predicted molar refractivity (Wildman–Crippen MR) is 61.1 cm³/mol. The Hall–Kier alpha value is -2.44. The van der Waals surface area contributed by atoms with Gasteiger partial charge in [-0.15, -0.1) is 0 Å². The zero-order valence-corrected chi connectivity index (χ0v) is 9.21. The van der Waals surface area contributed by atoms with Gasteiger partial charge in [-0.2, -0.15) is 0 Å². The molecule has 0 atom stereocenters. The molecular formula is C10H9N3O4. The summed E-state index contributed by atoms with van der Waals surface area (Å²) in [6.07, 6.45) is 0. The van der Waals surface area contributed by atoms with Crippen LogP contribution in [-0.2, 0) is 14.1 Å². The van der Waals surface area contributed by atoms with E-state index >= 15 is 0 Å². The molecule has 0 saturated carbocycles. The summed E-state index contributed by atoms with van der Waals surface area (Å²) in [5.74, 6) is 0. The second kappa shape index (κ2) is 3.55. The Morgan fingerprint density at radius 1 is 1.06 bits per heavy atom. The van der Waals surface area contributed by atoms with Crippen molar-refractivity contribution < 1.29 is 4.92 Å². The van der Waals surface area contributed by atoms with Gasteiger partial charge in [0.2, 0.25) is 0 Å². The van der Waals surface area contributed by atoms with E-state index in [1.807, 2.05) is 0 Å². The van der Waals surface area contributed by atoms with E-state index < -0.39 is 10.5 Å². The molecule has 0 radical (unpaired) electrons. The highest BCUT2D eigenvalue weighted by molar-refractivity contribution is 5.82. The predicted octanol–water partition coefficient (Wildman–Crippen LogP) is 0.145. The first kappa shape index (κ1) is 11.1. The molecule has 7 nitrogen and oxygen atoms in total. The molecule has 1 aromatic carbocycles. The number of hydrogen-bond donors (Lipinski definition) is 0. The van der Waals surface area contributed by atoms with Crippen LogP contribution in [0.4, 0.5) is 5.69 Å². The first-order chi connectivity index (χ1) is 7.93. The van der Waals surface area contributed by atoms with Gasteiger partial charge >= 0.3 is 0 Å². The molecule has 0 bridgehead atoms. The second-order valence-corrected chi connectivity index (χ2v) is 3.64. The first-order valence-electron chi connectivity index (χ1n) is 4.78. The molecule has 0 aliphatic heterocycles. The lowest BCUT2D eigenvalue weighted by molar-refractivity contribution is -0.384. The summed E-state index contributed by atoms with van der Waals surface area (Å²) < 4.78 is 2.28. The summed E-state index contributed by atoms with van der Waals surface area (Å²) in [4.78, 5) is 33.7. The van der Waals surface area contributed by atoms with E-state index in [0.717, 1.165) is 15.4 Å². The van der Waals surface area contributed by atoms with E-state index in [2.05, 4.69) is 0 Å². The molecule has 0 N–H and O–H groups in total. The van der Waals surface area contributed by atoms with Crippen molar-refractivity contribution in [2.45, 2.75) is 0 Å². The monoisotopic (exact) mass is 235 g/mol. The standard InChI is InChI=1S/C10H9N3O4/c1-11-9(14)7-4-3-6(13(16)17)5-8(7)10(15)12(11)2/h3-5H,1-2H3. The lowest BCUT2D eigenvalue weighted by Crippen LogP contribution is -2.35. The molecule has 1 heterocycles. The molecule has 0 fully saturated rings. The van der Waals surface area contributed by atoms with Crippen LogP contribution in [0.15, 0.2) is 27.8 Å². The van der Waals surface area contributed by atoms with Crippen molar-refractivity contribution >= 4 is 16.5 Å². The van der Waals surface area contributed by atoms with Gasteiger partial charge in [0.05, 0.1) is 15.7 Å². The summed E-state index contributed by atoms with van der Waals surface area (Å²) >= 11 is 0. The molecule has 0 amide bonds. The van der Waals surface area contributed by atoms with E-state index in [4.69, 9.17) is 0 Å². The van der Waals surface area contributed by atoms with Gasteiger partial charge in [0.15, 0.2) is 0 Å². The van der Waals surface area contributed by atoms with Crippen molar-refractivity contribution in [1.82, 2.24) is 9.36 Å². The van der Waals surface area contributed by atoms with Gasteiger partial charge in [0, 0.05) is 26.2 Å². The molecular weight excluding hydrogens is 226 g/mol. The normalized spacial score (nSPS) is 10.7. The van der Waals surface area contributed by atoms with Gasteiger partial charge in [0.25, 0.3) is 16.8 Å². The van der Waals surface area contributed by atoms with Crippen LogP contribution in [0.1, 0.15) is 0 Å². The average molecular weight is 235 g/mol. The minimum absolute atomic E-state index is 0.0600. The third-order valence-electron chi connectivity index (χ3n) is 2.71. The number of hydrogen-bond acceptors (Lipinski definition) is 4. The highest BCUT2D eigenvalue weighted by Crippen LogP contribution is 2.15. The van der Waals surface area contributed by atoms with E-state index in [-0.39, 0.29) is 22.0 Å². The van der Waals surface area contributed by atoms with E-state index in [1.54, 1.807) is 0 Å². The van der Waals surface area contributed by atoms with Crippen LogP contribution in [-0.4, -0.2) is 14.3 Å². The number of rotatable bonds is 1. The third-order valence-corrected chi connectivity index (χ3v) is 2.71. The Bertz CT molecular complexity index is 742. The molecule has 2 aromatic rings. The summed E-state index contributed by atoms with van der Waals surface area (Å²) in [5.41, 5.74) is -1.01.